The van der Waals surface area contributed by atoms with Crippen LogP contribution in [0, 0.1) is 6.92 Å². The van der Waals surface area contributed by atoms with Crippen molar-refractivity contribution in [3.63, 3.8) is 0 Å². The van der Waals surface area contributed by atoms with Gasteiger partial charge < -0.3 is 5.32 Å². The zero-order valence-electron chi connectivity index (χ0n) is 14.9. The van der Waals surface area contributed by atoms with E-state index in [9.17, 15) is 18.0 Å². The highest BCUT2D eigenvalue weighted by Crippen LogP contribution is 2.42. The molecule has 1 aliphatic rings. The van der Waals surface area contributed by atoms with Crippen molar-refractivity contribution < 1.29 is 18.0 Å². The molecule has 3 aromatic rings. The number of anilines is 1. The molecule has 0 saturated carbocycles. The fourth-order valence-corrected chi connectivity index (χ4v) is 3.90. The highest BCUT2D eigenvalue weighted by atomic mass is 32.1. The molecule has 0 aromatic carbocycles. The van der Waals surface area contributed by atoms with Gasteiger partial charge in [-0.2, -0.15) is 28.4 Å². The van der Waals surface area contributed by atoms with Gasteiger partial charge in [0, 0.05) is 18.3 Å². The Labute approximate surface area is 161 Å². The van der Waals surface area contributed by atoms with E-state index < -0.39 is 29.3 Å². The molecule has 1 N–H and O–H groups in total. The molecule has 1 aliphatic heterocycles. The number of halogens is 3. The number of hydrogen-bond acceptors (Lipinski definition) is 6. The highest BCUT2D eigenvalue weighted by molar-refractivity contribution is 7.12. The van der Waals surface area contributed by atoms with Crippen LogP contribution < -0.4 is 5.32 Å². The lowest BCUT2D eigenvalue weighted by atomic mass is 9.92. The lowest BCUT2D eigenvalue weighted by molar-refractivity contribution is -0.0918. The first kappa shape index (κ1) is 18.4. The van der Waals surface area contributed by atoms with Crippen molar-refractivity contribution in [2.75, 3.05) is 5.32 Å². The summed E-state index contributed by atoms with van der Waals surface area (Å²) in [7, 11) is 0. The Bertz CT molecular complexity index is 1060. The minimum Gasteiger partial charge on any atom is -0.320 e. The second-order valence-corrected chi connectivity index (χ2v) is 7.12. The zero-order chi connectivity index (χ0) is 20.1. The van der Waals surface area contributed by atoms with Crippen molar-refractivity contribution in [1.29, 1.82) is 0 Å². The second-order valence-electron chi connectivity index (χ2n) is 6.17. The van der Waals surface area contributed by atoms with Gasteiger partial charge in [-0.15, -0.1) is 11.3 Å². The van der Waals surface area contributed by atoms with Gasteiger partial charge in [0.1, 0.15) is 18.1 Å². The molecule has 0 bridgehead atoms. The number of thiophene rings is 1. The number of aryl methyl sites for hydroxylation is 2. The number of aromatic nitrogens is 5. The maximum Gasteiger partial charge on any atom is 0.431 e. The summed E-state index contributed by atoms with van der Waals surface area (Å²) in [5, 5.41) is 12.3. The summed E-state index contributed by atoms with van der Waals surface area (Å²) in [5.41, 5.74) is -0.559. The largest absolute Gasteiger partial charge is 0.431 e. The predicted molar refractivity (Wildman–Crippen MR) is 96.2 cm³/mol. The minimum atomic E-state index is -4.77. The van der Waals surface area contributed by atoms with Crippen molar-refractivity contribution in [2.24, 2.45) is 0 Å². The van der Waals surface area contributed by atoms with E-state index in [1.54, 1.807) is 29.2 Å². The number of fused-ring (bicyclic) bond motifs is 1. The van der Waals surface area contributed by atoms with Gasteiger partial charge in [0.2, 0.25) is 11.7 Å². The van der Waals surface area contributed by atoms with E-state index in [0.717, 1.165) is 17.7 Å². The van der Waals surface area contributed by atoms with Gasteiger partial charge in [0.05, 0.1) is 16.1 Å². The maximum atomic E-state index is 13.9. The van der Waals surface area contributed by atoms with Crippen LogP contribution in [0.5, 0.6) is 0 Å². The Morgan fingerprint density at radius 2 is 2.18 bits per heavy atom. The molecule has 0 radical (unpaired) electrons. The van der Waals surface area contributed by atoms with E-state index in [2.05, 4.69) is 20.5 Å². The summed E-state index contributed by atoms with van der Waals surface area (Å²) in [6, 6.07) is 2.04. The average Bonchev–Trinajstić information content (AvgIpc) is 3.39. The van der Waals surface area contributed by atoms with E-state index in [4.69, 9.17) is 0 Å². The van der Waals surface area contributed by atoms with Gasteiger partial charge in [-0.05, 0) is 25.3 Å². The zero-order valence-corrected chi connectivity index (χ0v) is 15.7. The van der Waals surface area contributed by atoms with Crippen LogP contribution in [-0.4, -0.2) is 36.5 Å². The van der Waals surface area contributed by atoms with Gasteiger partial charge in [0.25, 0.3) is 0 Å². The summed E-state index contributed by atoms with van der Waals surface area (Å²) in [6.45, 7) is 4.11. The number of carbonyl (C=O) groups excluding carboxylic acids is 1. The average molecular weight is 408 g/mol. The van der Waals surface area contributed by atoms with Crippen LogP contribution in [0.3, 0.4) is 0 Å². The van der Waals surface area contributed by atoms with Crippen molar-refractivity contribution in [3.8, 4) is 0 Å². The van der Waals surface area contributed by atoms with Gasteiger partial charge >= 0.3 is 6.18 Å². The number of allylic oxidation sites excluding steroid dienone is 2. The topological polar surface area (TPSA) is 77.6 Å². The Balaban J connectivity index is 1.99. The molecule has 0 fully saturated rings. The Kier molecular flexibility index (Phi) is 4.33. The molecule has 1 atom stereocenters. The van der Waals surface area contributed by atoms with Gasteiger partial charge in [-0.3, -0.25) is 9.48 Å². The second kappa shape index (κ2) is 6.59. The monoisotopic (exact) mass is 408 g/mol. The van der Waals surface area contributed by atoms with Crippen molar-refractivity contribution in [2.45, 2.75) is 32.6 Å². The molecule has 0 unspecified atom stereocenters. The van der Waals surface area contributed by atoms with Crippen LogP contribution in [0.2, 0.25) is 0 Å². The van der Waals surface area contributed by atoms with E-state index in [1.165, 1.54) is 10.7 Å². The number of ketones is 1. The third kappa shape index (κ3) is 2.91. The summed E-state index contributed by atoms with van der Waals surface area (Å²) in [6.07, 6.45) is -1.97. The fraction of sp³-hybridized carbons (Fsp3) is 0.294. The number of nitrogens with one attached hydrogen (secondary N) is 1. The van der Waals surface area contributed by atoms with Crippen LogP contribution in [0.1, 0.15) is 33.9 Å². The minimum absolute atomic E-state index is 0.0799. The smallest absolute Gasteiger partial charge is 0.320 e. The summed E-state index contributed by atoms with van der Waals surface area (Å²) in [5.74, 6) is -0.784. The number of alkyl halides is 3. The third-order valence-corrected chi connectivity index (χ3v) is 5.34. The van der Waals surface area contributed by atoms with Gasteiger partial charge in [-0.25, -0.2) is 4.68 Å². The molecule has 0 amide bonds. The number of Topliss-reactive ketones (excluding diaryl/α,β-unsaturated/α-hetero) is 1. The van der Waals surface area contributed by atoms with E-state index >= 15 is 0 Å². The highest BCUT2D eigenvalue weighted by Gasteiger charge is 2.46. The first-order valence-corrected chi connectivity index (χ1v) is 9.29. The molecule has 3 aromatic heterocycles. The van der Waals surface area contributed by atoms with Crippen LogP contribution in [0.25, 0.3) is 0 Å². The van der Waals surface area contributed by atoms with Crippen LogP contribution in [-0.2, 0) is 6.54 Å². The molecule has 0 saturated heterocycles. The molecular weight excluding hydrogens is 393 g/mol. The van der Waals surface area contributed by atoms with Crippen LogP contribution in [0.15, 0.2) is 41.3 Å². The first-order chi connectivity index (χ1) is 13.3. The van der Waals surface area contributed by atoms with Crippen LogP contribution >= 0.6 is 11.3 Å². The number of nitrogens with zero attached hydrogens (tertiary/aromatic N) is 5. The van der Waals surface area contributed by atoms with Crippen molar-refractivity contribution in [1.82, 2.24) is 24.5 Å². The van der Waals surface area contributed by atoms with E-state index in [1.807, 2.05) is 6.92 Å². The lowest BCUT2D eigenvalue weighted by Gasteiger charge is -2.30. The Morgan fingerprint density at radius 1 is 1.39 bits per heavy atom. The molecule has 11 heteroatoms. The summed E-state index contributed by atoms with van der Waals surface area (Å²) >= 11 is 1.09. The van der Waals surface area contributed by atoms with Gasteiger partial charge in [0.15, 0.2) is 0 Å². The molecule has 4 rings (SSSR count). The number of rotatable bonds is 4. The predicted octanol–water partition coefficient (Wildman–Crippen LogP) is 3.58. The summed E-state index contributed by atoms with van der Waals surface area (Å²) < 4.78 is 44.6. The van der Waals surface area contributed by atoms with E-state index in [-0.39, 0.29) is 10.8 Å². The number of carbonyl (C=O) groups is 1. The molecule has 28 heavy (non-hydrogen) atoms. The normalized spacial score (nSPS) is 16.8. The molecule has 146 valence electrons. The van der Waals surface area contributed by atoms with Crippen molar-refractivity contribution >= 4 is 23.1 Å². The third-order valence-electron chi connectivity index (χ3n) is 4.47. The Hall–Kier alpha value is -2.95. The fourth-order valence-electron chi connectivity index (χ4n) is 3.22. The Morgan fingerprint density at radius 3 is 2.79 bits per heavy atom. The molecule has 0 spiro atoms. The molecule has 0 aliphatic carbocycles. The van der Waals surface area contributed by atoms with E-state index in [0.29, 0.717) is 17.8 Å². The molecular formula is C17H15F3N6OS. The quantitative estimate of drug-likeness (QED) is 0.668. The first-order valence-electron chi connectivity index (χ1n) is 8.41. The van der Waals surface area contributed by atoms with Crippen molar-refractivity contribution in [3.05, 3.63) is 57.4 Å². The van der Waals surface area contributed by atoms with Crippen LogP contribution in [0.4, 0.5) is 19.1 Å². The molecule has 4 heterocycles. The number of hydrogen-bond donors (Lipinski definition) is 1. The van der Waals surface area contributed by atoms with Gasteiger partial charge in [-0.1, -0.05) is 6.07 Å². The standard InChI is InChI=1S/C17H15F3N6OS/c1-3-25-7-10(9(2)24-25)13-12(14(27)11-5-4-6-28-11)15(17(18,19)20)23-16-21-8-22-26(13)16/h4-8,13H,3H2,1-2H3,(H,21,22,23)/t13-/m0/s1. The summed E-state index contributed by atoms with van der Waals surface area (Å²) in [4.78, 5) is 17.2. The SMILES string of the molecule is CCn1cc([C@H]2C(C(=O)c3cccs3)=C(C(F)(F)F)Nc3ncnn32)c(C)n1. The lowest BCUT2D eigenvalue weighted by Crippen LogP contribution is -2.35. The maximum absolute atomic E-state index is 13.9. The molecule has 7 nitrogen and oxygen atoms in total.